The van der Waals surface area contributed by atoms with Crippen molar-refractivity contribution in [2.75, 3.05) is 7.11 Å². The van der Waals surface area contributed by atoms with Crippen LogP contribution in [0.4, 0.5) is 0 Å². The fourth-order valence-electron chi connectivity index (χ4n) is 3.20. The van der Waals surface area contributed by atoms with E-state index in [1.807, 2.05) is 84.9 Å². The average Bonchev–Trinajstić information content (AvgIpc) is 2.74. The monoisotopic (exact) mass is 353 g/mol. The summed E-state index contributed by atoms with van der Waals surface area (Å²) in [6.07, 6.45) is 0.329. The number of ether oxygens (including phenoxy) is 1. The van der Waals surface area contributed by atoms with Gasteiger partial charge in [0, 0.05) is 22.9 Å². The van der Waals surface area contributed by atoms with Gasteiger partial charge < -0.3 is 4.74 Å². The van der Waals surface area contributed by atoms with E-state index in [2.05, 4.69) is 0 Å². The van der Waals surface area contributed by atoms with E-state index >= 15 is 0 Å². The Labute approximate surface area is 158 Å². The Bertz CT molecular complexity index is 1090. The second kappa shape index (κ2) is 7.42. The highest BCUT2D eigenvalue weighted by Crippen LogP contribution is 2.26. The maximum atomic E-state index is 12.8. The van der Waals surface area contributed by atoms with Gasteiger partial charge in [0.1, 0.15) is 5.75 Å². The van der Waals surface area contributed by atoms with E-state index < -0.39 is 0 Å². The van der Waals surface area contributed by atoms with Gasteiger partial charge in [-0.15, -0.1) is 0 Å². The number of methoxy groups -OCH3 is 1. The first-order chi connectivity index (χ1) is 13.2. The number of aromatic nitrogens is 1. The normalized spacial score (nSPS) is 10.7. The van der Waals surface area contributed by atoms with E-state index in [4.69, 9.17) is 9.72 Å². The number of para-hydroxylation sites is 1. The number of hydrogen-bond donors (Lipinski definition) is 0. The molecule has 0 aliphatic rings. The van der Waals surface area contributed by atoms with Crippen LogP contribution in [-0.4, -0.2) is 17.9 Å². The third kappa shape index (κ3) is 3.58. The third-order valence-corrected chi connectivity index (χ3v) is 4.63. The quantitative estimate of drug-likeness (QED) is 0.455. The summed E-state index contributed by atoms with van der Waals surface area (Å²) in [5.41, 5.74) is 4.49. The Balaban J connectivity index is 1.74. The minimum atomic E-state index is 0.0769. The van der Waals surface area contributed by atoms with E-state index in [9.17, 15) is 4.79 Å². The number of nitrogens with zero attached hydrogens (tertiary/aromatic N) is 1. The number of hydrogen-bond acceptors (Lipinski definition) is 3. The number of ketones is 1. The van der Waals surface area contributed by atoms with E-state index in [1.165, 1.54) is 0 Å². The van der Waals surface area contributed by atoms with Crippen molar-refractivity contribution in [1.29, 1.82) is 0 Å². The molecule has 27 heavy (non-hydrogen) atoms. The van der Waals surface area contributed by atoms with Crippen LogP contribution in [0.3, 0.4) is 0 Å². The van der Waals surface area contributed by atoms with Crippen LogP contribution in [0.2, 0.25) is 0 Å². The molecule has 0 fully saturated rings. The maximum Gasteiger partial charge on any atom is 0.167 e. The molecule has 0 aliphatic heterocycles. The van der Waals surface area contributed by atoms with Crippen LogP contribution in [-0.2, 0) is 6.42 Å². The lowest BCUT2D eigenvalue weighted by Crippen LogP contribution is -2.05. The molecule has 0 saturated heterocycles. The summed E-state index contributed by atoms with van der Waals surface area (Å²) in [5.74, 6) is 0.820. The number of Topliss-reactive ketones (excluding diaryl/α,β-unsaturated/α-hetero) is 1. The lowest BCUT2D eigenvalue weighted by Gasteiger charge is -2.10. The first-order valence-electron chi connectivity index (χ1n) is 8.86. The Morgan fingerprint density at radius 1 is 0.889 bits per heavy atom. The van der Waals surface area contributed by atoms with E-state index in [0.717, 1.165) is 33.5 Å². The van der Waals surface area contributed by atoms with Crippen molar-refractivity contribution in [1.82, 2.24) is 4.98 Å². The van der Waals surface area contributed by atoms with Crippen LogP contribution in [0, 0.1) is 0 Å². The number of carbonyl (C=O) groups excluding carboxylic acids is 1. The van der Waals surface area contributed by atoms with Crippen LogP contribution in [0.5, 0.6) is 5.75 Å². The number of benzene rings is 3. The van der Waals surface area contributed by atoms with Gasteiger partial charge >= 0.3 is 0 Å². The summed E-state index contributed by atoms with van der Waals surface area (Å²) in [6, 6.07) is 27.3. The molecule has 4 rings (SSSR count). The molecule has 0 aliphatic carbocycles. The lowest BCUT2D eigenvalue weighted by molar-refractivity contribution is 0.0993. The molecular formula is C24H19NO2. The summed E-state index contributed by atoms with van der Waals surface area (Å²) in [7, 11) is 1.62. The van der Waals surface area contributed by atoms with Crippen LogP contribution < -0.4 is 4.74 Å². The Hall–Kier alpha value is -3.46. The molecule has 3 nitrogen and oxygen atoms in total. The minimum absolute atomic E-state index is 0.0769. The van der Waals surface area contributed by atoms with Gasteiger partial charge in [-0.05, 0) is 42.0 Å². The van der Waals surface area contributed by atoms with Crippen molar-refractivity contribution in [2.24, 2.45) is 0 Å². The largest absolute Gasteiger partial charge is 0.497 e. The molecule has 0 N–H and O–H groups in total. The van der Waals surface area contributed by atoms with E-state index in [-0.39, 0.29) is 5.78 Å². The molecule has 132 valence electrons. The molecule has 0 unspecified atom stereocenters. The molecule has 0 atom stereocenters. The third-order valence-electron chi connectivity index (χ3n) is 4.63. The van der Waals surface area contributed by atoms with Gasteiger partial charge in [0.15, 0.2) is 5.78 Å². The second-order valence-electron chi connectivity index (χ2n) is 6.38. The highest BCUT2D eigenvalue weighted by atomic mass is 16.5. The Morgan fingerprint density at radius 2 is 1.59 bits per heavy atom. The van der Waals surface area contributed by atoms with Gasteiger partial charge in [-0.25, -0.2) is 4.98 Å². The number of rotatable bonds is 5. The summed E-state index contributed by atoms with van der Waals surface area (Å²) in [5, 5.41) is 1.01. The zero-order valence-electron chi connectivity index (χ0n) is 15.1. The van der Waals surface area contributed by atoms with Gasteiger partial charge in [-0.2, -0.15) is 0 Å². The molecule has 3 heteroatoms. The van der Waals surface area contributed by atoms with Crippen molar-refractivity contribution >= 4 is 16.7 Å². The highest BCUT2D eigenvalue weighted by Gasteiger charge is 2.13. The van der Waals surface area contributed by atoms with Crippen molar-refractivity contribution in [3.05, 3.63) is 96.1 Å². The molecule has 3 aromatic carbocycles. The number of pyridine rings is 1. The molecule has 4 aromatic rings. The van der Waals surface area contributed by atoms with Gasteiger partial charge in [0.2, 0.25) is 0 Å². The standard InChI is InChI=1S/C24H19NO2/c1-27-20-13-11-18(12-14-20)24(26)16-19-15-23(17-7-3-2-4-8-17)25-22-10-6-5-9-21(19)22/h2-15H,16H2,1H3. The van der Waals surface area contributed by atoms with Crippen molar-refractivity contribution in [3.63, 3.8) is 0 Å². The molecule has 0 spiro atoms. The average molecular weight is 353 g/mol. The van der Waals surface area contributed by atoms with Crippen LogP contribution in [0.25, 0.3) is 22.2 Å². The smallest absolute Gasteiger partial charge is 0.167 e. The van der Waals surface area contributed by atoms with Crippen molar-refractivity contribution in [3.8, 4) is 17.0 Å². The van der Waals surface area contributed by atoms with Crippen LogP contribution in [0.1, 0.15) is 15.9 Å². The lowest BCUT2D eigenvalue weighted by atomic mass is 9.97. The SMILES string of the molecule is COc1ccc(C(=O)Cc2cc(-c3ccccc3)nc3ccccc23)cc1. The first kappa shape index (κ1) is 17.0. The summed E-state index contributed by atoms with van der Waals surface area (Å²) in [4.78, 5) is 17.6. The number of fused-ring (bicyclic) bond motifs is 1. The van der Waals surface area contributed by atoms with E-state index in [0.29, 0.717) is 12.0 Å². The summed E-state index contributed by atoms with van der Waals surface area (Å²) >= 11 is 0. The van der Waals surface area contributed by atoms with Crippen molar-refractivity contribution < 1.29 is 9.53 Å². The minimum Gasteiger partial charge on any atom is -0.497 e. The zero-order valence-corrected chi connectivity index (χ0v) is 15.1. The highest BCUT2D eigenvalue weighted by molar-refractivity contribution is 6.00. The van der Waals surface area contributed by atoms with Gasteiger partial charge in [0.25, 0.3) is 0 Å². The van der Waals surface area contributed by atoms with Crippen LogP contribution >= 0.6 is 0 Å². The fraction of sp³-hybridized carbons (Fsp3) is 0.0833. The van der Waals surface area contributed by atoms with Crippen LogP contribution in [0.15, 0.2) is 84.9 Å². The molecule has 0 saturated carbocycles. The van der Waals surface area contributed by atoms with Gasteiger partial charge in [-0.3, -0.25) is 4.79 Å². The predicted molar refractivity (Wildman–Crippen MR) is 108 cm³/mol. The second-order valence-corrected chi connectivity index (χ2v) is 6.38. The maximum absolute atomic E-state index is 12.8. The summed E-state index contributed by atoms with van der Waals surface area (Å²) in [6.45, 7) is 0. The Morgan fingerprint density at radius 3 is 2.33 bits per heavy atom. The topological polar surface area (TPSA) is 39.2 Å². The molecule has 0 bridgehead atoms. The molecule has 0 radical (unpaired) electrons. The molecular weight excluding hydrogens is 334 g/mol. The number of carbonyl (C=O) groups is 1. The van der Waals surface area contributed by atoms with Gasteiger partial charge in [-0.1, -0.05) is 48.5 Å². The van der Waals surface area contributed by atoms with Gasteiger partial charge in [0.05, 0.1) is 18.3 Å². The van der Waals surface area contributed by atoms with E-state index in [1.54, 1.807) is 7.11 Å². The Kier molecular flexibility index (Phi) is 4.67. The molecule has 1 heterocycles. The summed E-state index contributed by atoms with van der Waals surface area (Å²) < 4.78 is 5.17. The first-order valence-corrected chi connectivity index (χ1v) is 8.86. The molecule has 1 aromatic heterocycles. The fourth-order valence-corrected chi connectivity index (χ4v) is 3.20. The van der Waals surface area contributed by atoms with Crippen molar-refractivity contribution in [2.45, 2.75) is 6.42 Å². The zero-order chi connectivity index (χ0) is 18.6. The predicted octanol–water partition coefficient (Wildman–Crippen LogP) is 5.34. The molecule has 0 amide bonds.